The van der Waals surface area contributed by atoms with Gasteiger partial charge in [0.05, 0.1) is 0 Å². The first-order valence-electron chi connectivity index (χ1n) is 4.62. The van der Waals surface area contributed by atoms with E-state index >= 15 is 0 Å². The molecule has 0 amide bonds. The second-order valence-electron chi connectivity index (χ2n) is 3.37. The zero-order chi connectivity index (χ0) is 9.68. The molecule has 0 N–H and O–H groups in total. The number of thiol groups is 1. The fraction of sp³-hybridized carbons (Fsp3) is 0.333. The SMILES string of the molecule is CC(C)c1ccccc1C=CCS. The first kappa shape index (κ1) is 10.4. The van der Waals surface area contributed by atoms with E-state index in [0.29, 0.717) is 5.92 Å². The predicted octanol–water partition coefficient (Wildman–Crippen LogP) is 3.75. The van der Waals surface area contributed by atoms with Gasteiger partial charge in [-0.2, -0.15) is 12.6 Å². The van der Waals surface area contributed by atoms with Gasteiger partial charge in [-0.15, -0.1) is 0 Å². The molecule has 1 aromatic carbocycles. The average molecular weight is 192 g/mol. The van der Waals surface area contributed by atoms with Crippen molar-refractivity contribution in [3.63, 3.8) is 0 Å². The summed E-state index contributed by atoms with van der Waals surface area (Å²) in [4.78, 5) is 0. The van der Waals surface area contributed by atoms with Gasteiger partial charge in [0.25, 0.3) is 0 Å². The zero-order valence-corrected chi connectivity index (χ0v) is 9.09. The number of rotatable bonds is 3. The van der Waals surface area contributed by atoms with Crippen molar-refractivity contribution >= 4 is 18.7 Å². The molecule has 0 fully saturated rings. The van der Waals surface area contributed by atoms with Crippen molar-refractivity contribution in [1.29, 1.82) is 0 Å². The molecule has 1 aromatic rings. The van der Waals surface area contributed by atoms with E-state index in [0.717, 1.165) is 5.75 Å². The summed E-state index contributed by atoms with van der Waals surface area (Å²) in [5.74, 6) is 1.38. The lowest BCUT2D eigenvalue weighted by molar-refractivity contribution is 0.864. The van der Waals surface area contributed by atoms with E-state index in [1.54, 1.807) is 0 Å². The summed E-state index contributed by atoms with van der Waals surface area (Å²) in [6.45, 7) is 4.43. The molecule has 0 saturated heterocycles. The highest BCUT2D eigenvalue weighted by atomic mass is 32.1. The fourth-order valence-corrected chi connectivity index (χ4v) is 1.47. The molecule has 0 radical (unpaired) electrons. The second kappa shape index (κ2) is 5.13. The van der Waals surface area contributed by atoms with Gasteiger partial charge in [-0.3, -0.25) is 0 Å². The van der Waals surface area contributed by atoms with Gasteiger partial charge >= 0.3 is 0 Å². The minimum atomic E-state index is 0.584. The van der Waals surface area contributed by atoms with E-state index in [9.17, 15) is 0 Å². The topological polar surface area (TPSA) is 0 Å². The number of hydrogen-bond donors (Lipinski definition) is 1. The Kier molecular flexibility index (Phi) is 4.10. The van der Waals surface area contributed by atoms with E-state index < -0.39 is 0 Å². The van der Waals surface area contributed by atoms with Crippen LogP contribution in [0.2, 0.25) is 0 Å². The van der Waals surface area contributed by atoms with Gasteiger partial charge in [0.2, 0.25) is 0 Å². The van der Waals surface area contributed by atoms with Crippen molar-refractivity contribution < 1.29 is 0 Å². The predicted molar refractivity (Wildman–Crippen MR) is 63.4 cm³/mol. The third-order valence-electron chi connectivity index (χ3n) is 2.02. The summed E-state index contributed by atoms with van der Waals surface area (Å²) in [5, 5.41) is 0. The van der Waals surface area contributed by atoms with Crippen LogP contribution in [-0.2, 0) is 0 Å². The summed E-state index contributed by atoms with van der Waals surface area (Å²) in [6.07, 6.45) is 4.21. The summed E-state index contributed by atoms with van der Waals surface area (Å²) in [7, 11) is 0. The molecule has 0 nitrogen and oxygen atoms in total. The lowest BCUT2D eigenvalue weighted by Gasteiger charge is -2.08. The molecule has 0 heterocycles. The maximum absolute atomic E-state index is 4.15. The molecule has 0 bridgehead atoms. The monoisotopic (exact) mass is 192 g/mol. The third-order valence-corrected chi connectivity index (χ3v) is 2.23. The van der Waals surface area contributed by atoms with Crippen LogP contribution in [0, 0.1) is 0 Å². The van der Waals surface area contributed by atoms with Crippen molar-refractivity contribution in [2.24, 2.45) is 0 Å². The molecule has 0 aromatic heterocycles. The lowest BCUT2D eigenvalue weighted by atomic mass is 9.97. The largest absolute Gasteiger partial charge is 0.175 e. The van der Waals surface area contributed by atoms with E-state index in [4.69, 9.17) is 0 Å². The summed E-state index contributed by atoms with van der Waals surface area (Å²) in [6, 6.07) is 8.50. The van der Waals surface area contributed by atoms with Gasteiger partial charge in [0, 0.05) is 5.75 Å². The maximum atomic E-state index is 4.15. The first-order chi connectivity index (χ1) is 6.25. The zero-order valence-electron chi connectivity index (χ0n) is 8.20. The van der Waals surface area contributed by atoms with Crippen LogP contribution < -0.4 is 0 Å². The van der Waals surface area contributed by atoms with Gasteiger partial charge in [0.1, 0.15) is 0 Å². The molecule has 0 unspecified atom stereocenters. The van der Waals surface area contributed by atoms with Crippen molar-refractivity contribution in [2.45, 2.75) is 19.8 Å². The van der Waals surface area contributed by atoms with Gasteiger partial charge in [-0.05, 0) is 17.0 Å². The Morgan fingerprint density at radius 1 is 1.31 bits per heavy atom. The molecule has 0 atom stereocenters. The van der Waals surface area contributed by atoms with Crippen LogP contribution in [0.3, 0.4) is 0 Å². The molecular weight excluding hydrogens is 176 g/mol. The lowest BCUT2D eigenvalue weighted by Crippen LogP contribution is -1.90. The minimum absolute atomic E-state index is 0.584. The average Bonchev–Trinajstić information content (AvgIpc) is 2.15. The first-order valence-corrected chi connectivity index (χ1v) is 5.25. The molecule has 0 spiro atoms. The molecule has 0 saturated carbocycles. The van der Waals surface area contributed by atoms with Crippen molar-refractivity contribution in [2.75, 3.05) is 5.75 Å². The van der Waals surface area contributed by atoms with Crippen LogP contribution in [0.4, 0.5) is 0 Å². The standard InChI is InChI=1S/C12H16S/c1-10(2)12-8-4-3-6-11(12)7-5-9-13/h3-8,10,13H,9H2,1-2H3. The fourth-order valence-electron chi connectivity index (χ4n) is 1.37. The van der Waals surface area contributed by atoms with Crippen LogP contribution in [-0.4, -0.2) is 5.75 Å². The van der Waals surface area contributed by atoms with Crippen LogP contribution in [0.5, 0.6) is 0 Å². The Morgan fingerprint density at radius 2 is 2.00 bits per heavy atom. The molecule has 0 aliphatic heterocycles. The summed E-state index contributed by atoms with van der Waals surface area (Å²) < 4.78 is 0. The maximum Gasteiger partial charge on any atom is 0.00858 e. The summed E-state index contributed by atoms with van der Waals surface area (Å²) >= 11 is 4.15. The third kappa shape index (κ3) is 2.92. The Hall–Kier alpha value is -0.690. The molecule has 1 heteroatoms. The highest BCUT2D eigenvalue weighted by molar-refractivity contribution is 7.80. The smallest absolute Gasteiger partial charge is 0.00858 e. The highest BCUT2D eigenvalue weighted by Gasteiger charge is 2.01. The van der Waals surface area contributed by atoms with Gasteiger partial charge in [-0.1, -0.05) is 50.3 Å². The Labute approximate surface area is 86.1 Å². The molecular formula is C12H16S. The van der Waals surface area contributed by atoms with Crippen molar-refractivity contribution in [1.82, 2.24) is 0 Å². The van der Waals surface area contributed by atoms with E-state index in [1.807, 2.05) is 0 Å². The quantitative estimate of drug-likeness (QED) is 0.693. The van der Waals surface area contributed by atoms with E-state index in [1.165, 1.54) is 11.1 Å². The van der Waals surface area contributed by atoms with Gasteiger partial charge in [0.15, 0.2) is 0 Å². The van der Waals surface area contributed by atoms with E-state index in [2.05, 4.69) is 62.9 Å². The minimum Gasteiger partial charge on any atom is -0.175 e. The van der Waals surface area contributed by atoms with Crippen LogP contribution in [0.1, 0.15) is 30.9 Å². The molecule has 70 valence electrons. The Balaban J connectivity index is 2.97. The van der Waals surface area contributed by atoms with Gasteiger partial charge in [-0.25, -0.2) is 0 Å². The van der Waals surface area contributed by atoms with Crippen molar-refractivity contribution in [3.8, 4) is 0 Å². The van der Waals surface area contributed by atoms with Crippen LogP contribution >= 0.6 is 12.6 Å². The van der Waals surface area contributed by atoms with Crippen molar-refractivity contribution in [3.05, 3.63) is 41.5 Å². The highest BCUT2D eigenvalue weighted by Crippen LogP contribution is 2.20. The molecule has 0 aliphatic rings. The Morgan fingerprint density at radius 3 is 2.62 bits per heavy atom. The Bertz CT molecular complexity index is 287. The molecule has 1 rings (SSSR count). The van der Waals surface area contributed by atoms with Crippen LogP contribution in [0.15, 0.2) is 30.3 Å². The van der Waals surface area contributed by atoms with Gasteiger partial charge < -0.3 is 0 Å². The van der Waals surface area contributed by atoms with Crippen LogP contribution in [0.25, 0.3) is 6.08 Å². The normalized spacial score (nSPS) is 11.4. The van der Waals surface area contributed by atoms with E-state index in [-0.39, 0.29) is 0 Å². The molecule has 0 aliphatic carbocycles. The number of benzene rings is 1. The summed E-state index contributed by atoms with van der Waals surface area (Å²) in [5.41, 5.74) is 2.71. The molecule has 13 heavy (non-hydrogen) atoms. The number of hydrogen-bond acceptors (Lipinski definition) is 1. The second-order valence-corrected chi connectivity index (χ2v) is 3.73.